The Morgan fingerprint density at radius 3 is 2.62 bits per heavy atom. The summed E-state index contributed by atoms with van der Waals surface area (Å²) in [5.41, 5.74) is 4.45. The van der Waals surface area contributed by atoms with E-state index >= 15 is 4.39 Å². The minimum absolute atomic E-state index is 0.288. The molecule has 37 heavy (non-hydrogen) atoms. The number of amides is 1. The number of benzene rings is 2. The molecule has 190 valence electrons. The third-order valence-electron chi connectivity index (χ3n) is 6.15. The Kier molecular flexibility index (Phi) is 6.49. The van der Waals surface area contributed by atoms with Crippen molar-refractivity contribution < 1.29 is 9.18 Å². The second kappa shape index (κ2) is 9.90. The first kappa shape index (κ1) is 24.3. The lowest BCUT2D eigenvalue weighted by Crippen LogP contribution is -2.30. The van der Waals surface area contributed by atoms with Crippen molar-refractivity contribution in [1.29, 1.82) is 0 Å². The second-order valence-electron chi connectivity index (χ2n) is 9.27. The summed E-state index contributed by atoms with van der Waals surface area (Å²) in [7, 11) is 5.71. The Labute approximate surface area is 213 Å². The fourth-order valence-corrected chi connectivity index (χ4v) is 4.40. The van der Waals surface area contributed by atoms with Crippen LogP contribution in [-0.2, 0) is 4.79 Å². The van der Waals surface area contributed by atoms with Gasteiger partial charge in [-0.2, -0.15) is 4.98 Å². The number of nitrogens with zero attached hydrogens (tertiary/aromatic N) is 4. The predicted molar refractivity (Wildman–Crippen MR) is 147 cm³/mol. The summed E-state index contributed by atoms with van der Waals surface area (Å²) >= 11 is 0. The maximum Gasteiger partial charge on any atom is 0.229 e. The number of para-hydroxylation sites is 1. The summed E-state index contributed by atoms with van der Waals surface area (Å²) in [5.74, 6) is -0.450. The molecule has 0 aliphatic heterocycles. The molecule has 5 aromatic rings. The smallest absolute Gasteiger partial charge is 0.229 e. The number of aromatic nitrogens is 4. The summed E-state index contributed by atoms with van der Waals surface area (Å²) < 4.78 is 15.4. The van der Waals surface area contributed by atoms with Crippen molar-refractivity contribution in [2.24, 2.45) is 0 Å². The number of hydrogen-bond donors (Lipinski definition) is 4. The second-order valence-corrected chi connectivity index (χ2v) is 9.27. The van der Waals surface area contributed by atoms with Gasteiger partial charge in [0.05, 0.1) is 17.1 Å². The molecule has 0 aliphatic rings. The van der Waals surface area contributed by atoms with Crippen molar-refractivity contribution in [1.82, 2.24) is 24.8 Å². The molecule has 10 heteroatoms. The summed E-state index contributed by atoms with van der Waals surface area (Å²) in [6.07, 6.45) is 3.74. The normalized spacial score (nSPS) is 11.4. The van der Waals surface area contributed by atoms with E-state index in [0.29, 0.717) is 35.2 Å². The van der Waals surface area contributed by atoms with Gasteiger partial charge in [0.1, 0.15) is 5.65 Å². The van der Waals surface area contributed by atoms with Crippen LogP contribution < -0.4 is 15.5 Å². The van der Waals surface area contributed by atoms with Gasteiger partial charge in [-0.1, -0.05) is 18.2 Å². The number of carbonyl (C=O) groups excluding carboxylic acids is 1. The quantitative estimate of drug-likeness (QED) is 0.240. The first-order chi connectivity index (χ1) is 17.8. The van der Waals surface area contributed by atoms with Crippen molar-refractivity contribution >= 4 is 50.9 Å². The average molecular weight is 501 g/mol. The van der Waals surface area contributed by atoms with Crippen LogP contribution in [0.15, 0.2) is 54.9 Å². The molecule has 0 saturated heterocycles. The molecule has 0 aliphatic carbocycles. The Morgan fingerprint density at radius 2 is 1.84 bits per heavy atom. The minimum Gasteiger partial charge on any atom is -0.369 e. The summed E-state index contributed by atoms with van der Waals surface area (Å²) in [6, 6.07) is 13.0. The van der Waals surface area contributed by atoms with Gasteiger partial charge in [0.15, 0.2) is 5.82 Å². The number of carbonyl (C=O) groups is 1. The van der Waals surface area contributed by atoms with Gasteiger partial charge >= 0.3 is 0 Å². The largest absolute Gasteiger partial charge is 0.369 e. The fraction of sp³-hybridized carbons (Fsp3) is 0.222. The number of halogens is 1. The molecule has 3 aromatic heterocycles. The molecule has 0 saturated carbocycles. The molecular formula is C27H29FN8O. The minimum atomic E-state index is -0.465. The zero-order valence-electron chi connectivity index (χ0n) is 21.2. The molecule has 0 atom stereocenters. The third-order valence-corrected chi connectivity index (χ3v) is 6.15. The van der Waals surface area contributed by atoms with E-state index in [9.17, 15) is 4.79 Å². The summed E-state index contributed by atoms with van der Waals surface area (Å²) in [5, 5.41) is 7.81. The molecule has 0 radical (unpaired) electrons. The van der Waals surface area contributed by atoms with Crippen molar-refractivity contribution in [3.63, 3.8) is 0 Å². The molecule has 5 rings (SSSR count). The van der Waals surface area contributed by atoms with Crippen LogP contribution in [0.3, 0.4) is 0 Å². The Hall–Kier alpha value is -4.44. The van der Waals surface area contributed by atoms with E-state index in [1.165, 1.54) is 13.0 Å². The van der Waals surface area contributed by atoms with Crippen LogP contribution in [0.2, 0.25) is 0 Å². The van der Waals surface area contributed by atoms with E-state index < -0.39 is 5.82 Å². The summed E-state index contributed by atoms with van der Waals surface area (Å²) in [6.45, 7) is 2.72. The number of nitrogens with one attached hydrogen (secondary N) is 4. The van der Waals surface area contributed by atoms with Crippen LogP contribution in [0.4, 0.5) is 27.4 Å². The monoisotopic (exact) mass is 500 g/mol. The van der Waals surface area contributed by atoms with Crippen LogP contribution >= 0.6 is 0 Å². The summed E-state index contributed by atoms with van der Waals surface area (Å²) in [4.78, 5) is 31.6. The molecule has 4 N–H and O–H groups in total. The predicted octanol–water partition coefficient (Wildman–Crippen LogP) is 4.95. The standard InChI is InChI=1S/C27H29FN8O/c1-16(37)31-23-14-17(13-21(28)25(23)36(4)12-11-35(2)3)32-27-33-24(19-9-10-29-26(19)34-27)20-15-30-22-8-6-5-7-18(20)22/h5-10,13-15,30H,11-12H2,1-4H3,(H,31,37)(H2,29,32,33,34). The number of aromatic amines is 2. The number of anilines is 4. The lowest BCUT2D eigenvalue weighted by Gasteiger charge is -2.25. The lowest BCUT2D eigenvalue weighted by atomic mass is 10.1. The van der Waals surface area contributed by atoms with E-state index in [1.807, 2.05) is 61.7 Å². The molecule has 3 heterocycles. The van der Waals surface area contributed by atoms with E-state index in [2.05, 4.69) is 25.6 Å². The van der Waals surface area contributed by atoms with E-state index in [1.54, 1.807) is 18.0 Å². The van der Waals surface area contributed by atoms with E-state index in [-0.39, 0.29) is 5.91 Å². The lowest BCUT2D eigenvalue weighted by molar-refractivity contribution is -0.114. The molecular weight excluding hydrogens is 471 g/mol. The Morgan fingerprint density at radius 1 is 1.03 bits per heavy atom. The highest BCUT2D eigenvalue weighted by Gasteiger charge is 2.19. The third kappa shape index (κ3) is 4.96. The number of likely N-dealkylation sites (N-methyl/N-ethyl adjacent to an activating group) is 2. The number of rotatable bonds is 8. The Bertz CT molecular complexity index is 1590. The van der Waals surface area contributed by atoms with Crippen molar-refractivity contribution in [3.8, 4) is 11.3 Å². The van der Waals surface area contributed by atoms with Crippen molar-refractivity contribution in [3.05, 3.63) is 60.7 Å². The fourth-order valence-electron chi connectivity index (χ4n) is 4.40. The van der Waals surface area contributed by atoms with Gasteiger partial charge in [-0.05, 0) is 38.4 Å². The topological polar surface area (TPSA) is 105 Å². The SMILES string of the molecule is CC(=O)Nc1cc(Nc2nc(-c3c[nH]c4ccccc34)c3cc[nH]c3n2)cc(F)c1N(C)CCN(C)C. The van der Waals surface area contributed by atoms with Crippen molar-refractivity contribution in [2.75, 3.05) is 49.8 Å². The van der Waals surface area contributed by atoms with Gasteiger partial charge in [0, 0.05) is 67.0 Å². The van der Waals surface area contributed by atoms with Gasteiger partial charge < -0.3 is 30.4 Å². The number of H-pyrrole nitrogens is 2. The van der Waals surface area contributed by atoms with Crippen LogP contribution in [-0.4, -0.2) is 65.0 Å². The van der Waals surface area contributed by atoms with E-state index in [4.69, 9.17) is 4.98 Å². The van der Waals surface area contributed by atoms with E-state index in [0.717, 1.165) is 34.1 Å². The average Bonchev–Trinajstić information content (AvgIpc) is 3.48. The highest BCUT2D eigenvalue weighted by Crippen LogP contribution is 2.35. The molecule has 0 fully saturated rings. The molecule has 9 nitrogen and oxygen atoms in total. The van der Waals surface area contributed by atoms with Crippen LogP contribution in [0.25, 0.3) is 33.2 Å². The zero-order valence-corrected chi connectivity index (χ0v) is 21.2. The maximum absolute atomic E-state index is 15.4. The number of hydrogen-bond acceptors (Lipinski definition) is 6. The van der Waals surface area contributed by atoms with Gasteiger partial charge in [0.2, 0.25) is 11.9 Å². The highest BCUT2D eigenvalue weighted by molar-refractivity contribution is 6.02. The van der Waals surface area contributed by atoms with Crippen LogP contribution in [0.1, 0.15) is 6.92 Å². The van der Waals surface area contributed by atoms with Crippen molar-refractivity contribution in [2.45, 2.75) is 6.92 Å². The van der Waals surface area contributed by atoms with Gasteiger partial charge in [-0.25, -0.2) is 9.37 Å². The van der Waals surface area contributed by atoms with Gasteiger partial charge in [0.25, 0.3) is 0 Å². The van der Waals surface area contributed by atoms with Gasteiger partial charge in [-0.15, -0.1) is 0 Å². The molecule has 0 bridgehead atoms. The highest BCUT2D eigenvalue weighted by atomic mass is 19.1. The van der Waals surface area contributed by atoms with Crippen LogP contribution in [0, 0.1) is 5.82 Å². The molecule has 1 amide bonds. The first-order valence-electron chi connectivity index (χ1n) is 12.0. The molecule has 2 aromatic carbocycles. The van der Waals surface area contributed by atoms with Gasteiger partial charge in [-0.3, -0.25) is 4.79 Å². The number of fused-ring (bicyclic) bond motifs is 2. The Balaban J connectivity index is 1.54. The zero-order chi connectivity index (χ0) is 26.1. The molecule has 0 unspecified atom stereocenters. The van der Waals surface area contributed by atoms with Crippen LogP contribution in [0.5, 0.6) is 0 Å². The maximum atomic E-state index is 15.4. The first-order valence-corrected chi connectivity index (χ1v) is 12.0. The molecule has 0 spiro atoms.